The van der Waals surface area contributed by atoms with Gasteiger partial charge in [-0.05, 0) is 19.1 Å². The predicted molar refractivity (Wildman–Crippen MR) is 93.7 cm³/mol. The molecule has 0 aliphatic carbocycles. The van der Waals surface area contributed by atoms with Crippen molar-refractivity contribution in [1.82, 2.24) is 10.1 Å². The van der Waals surface area contributed by atoms with Gasteiger partial charge in [0.1, 0.15) is 12.3 Å². The van der Waals surface area contributed by atoms with E-state index in [0.29, 0.717) is 41.9 Å². The molecule has 9 heteroatoms. The van der Waals surface area contributed by atoms with Crippen LogP contribution in [0.2, 0.25) is 0 Å². The molecule has 1 aliphatic heterocycles. The van der Waals surface area contributed by atoms with Gasteiger partial charge < -0.3 is 24.2 Å². The Balaban J connectivity index is 1.65. The van der Waals surface area contributed by atoms with E-state index in [4.69, 9.17) is 14.0 Å². The molecular weight excluding hydrogens is 340 g/mol. The number of amides is 3. The third-order valence-electron chi connectivity index (χ3n) is 4.00. The molecule has 1 N–H and O–H groups in total. The number of ether oxygens (including phenoxy) is 2. The van der Waals surface area contributed by atoms with Crippen LogP contribution in [0.4, 0.5) is 16.3 Å². The summed E-state index contributed by atoms with van der Waals surface area (Å²) in [6.07, 6.45) is 0. The molecule has 0 spiro atoms. The summed E-state index contributed by atoms with van der Waals surface area (Å²) in [6, 6.07) is 6.62. The van der Waals surface area contributed by atoms with E-state index in [-0.39, 0.29) is 18.5 Å². The lowest BCUT2D eigenvalue weighted by molar-refractivity contribution is -0.116. The first-order chi connectivity index (χ1) is 12.5. The number of benzene rings is 1. The largest absolute Gasteiger partial charge is 0.493 e. The number of nitrogens with one attached hydrogen (secondary N) is 1. The van der Waals surface area contributed by atoms with Crippen molar-refractivity contribution < 1.29 is 23.6 Å². The van der Waals surface area contributed by atoms with Crippen LogP contribution in [0.3, 0.4) is 0 Å². The Morgan fingerprint density at radius 1 is 1.23 bits per heavy atom. The summed E-state index contributed by atoms with van der Waals surface area (Å²) in [6.45, 7) is 2.59. The van der Waals surface area contributed by atoms with Crippen molar-refractivity contribution in [1.29, 1.82) is 0 Å². The fraction of sp³-hybridized carbons (Fsp3) is 0.353. The van der Waals surface area contributed by atoms with Gasteiger partial charge in [0, 0.05) is 30.9 Å². The summed E-state index contributed by atoms with van der Waals surface area (Å²) in [5.41, 5.74) is 0.683. The van der Waals surface area contributed by atoms with Crippen LogP contribution >= 0.6 is 0 Å². The Labute approximate surface area is 150 Å². The van der Waals surface area contributed by atoms with E-state index in [0.717, 1.165) is 0 Å². The summed E-state index contributed by atoms with van der Waals surface area (Å²) < 4.78 is 15.4. The highest BCUT2D eigenvalue weighted by Gasteiger charge is 2.31. The quantitative estimate of drug-likeness (QED) is 0.845. The van der Waals surface area contributed by atoms with Crippen molar-refractivity contribution in [3.05, 3.63) is 30.0 Å². The van der Waals surface area contributed by atoms with Crippen LogP contribution in [0.15, 0.2) is 28.8 Å². The highest BCUT2D eigenvalue weighted by atomic mass is 16.5. The van der Waals surface area contributed by atoms with Crippen LogP contribution in [-0.4, -0.2) is 55.8 Å². The molecule has 3 rings (SSSR count). The third kappa shape index (κ3) is 3.56. The molecule has 1 saturated heterocycles. The van der Waals surface area contributed by atoms with E-state index in [2.05, 4.69) is 10.5 Å². The van der Waals surface area contributed by atoms with Crippen LogP contribution in [0, 0.1) is 6.92 Å². The molecule has 9 nitrogen and oxygen atoms in total. The standard InChI is InChI=1S/C17H20N4O5/c1-11-8-15(19-26-11)18-16(22)10-20-6-7-21(17(20)23)12-4-5-13(24-2)14(9-12)25-3/h4-5,8-9H,6-7,10H2,1-3H3,(H,18,19,22). The second kappa shape index (κ2) is 7.34. The molecular formula is C17H20N4O5. The van der Waals surface area contributed by atoms with Gasteiger partial charge in [-0.15, -0.1) is 0 Å². The lowest BCUT2D eigenvalue weighted by Gasteiger charge is -2.19. The molecule has 1 aromatic heterocycles. The molecule has 0 radical (unpaired) electrons. The average Bonchev–Trinajstić information content (AvgIpc) is 3.20. The highest BCUT2D eigenvalue weighted by molar-refractivity contribution is 5.99. The van der Waals surface area contributed by atoms with Crippen LogP contribution in [0.25, 0.3) is 0 Å². The highest BCUT2D eigenvalue weighted by Crippen LogP contribution is 2.32. The minimum absolute atomic E-state index is 0.0610. The van der Waals surface area contributed by atoms with Crippen molar-refractivity contribution in [3.63, 3.8) is 0 Å². The minimum Gasteiger partial charge on any atom is -0.493 e. The van der Waals surface area contributed by atoms with Gasteiger partial charge in [0.15, 0.2) is 17.3 Å². The molecule has 0 atom stereocenters. The molecule has 0 saturated carbocycles. The molecule has 0 unspecified atom stereocenters. The number of hydrogen-bond donors (Lipinski definition) is 1. The van der Waals surface area contributed by atoms with Gasteiger partial charge in [-0.1, -0.05) is 5.16 Å². The topological polar surface area (TPSA) is 97.1 Å². The van der Waals surface area contributed by atoms with E-state index >= 15 is 0 Å². The van der Waals surface area contributed by atoms with Crippen molar-refractivity contribution in [3.8, 4) is 11.5 Å². The van der Waals surface area contributed by atoms with Crippen molar-refractivity contribution in [2.24, 2.45) is 0 Å². The number of anilines is 2. The SMILES string of the molecule is COc1ccc(N2CCN(CC(=O)Nc3cc(C)on3)C2=O)cc1OC. The number of aromatic nitrogens is 1. The summed E-state index contributed by atoms with van der Waals surface area (Å²) in [5.74, 6) is 1.71. The number of hydrogen-bond acceptors (Lipinski definition) is 6. The van der Waals surface area contributed by atoms with Crippen LogP contribution < -0.4 is 19.7 Å². The fourth-order valence-electron chi connectivity index (χ4n) is 2.74. The average molecular weight is 360 g/mol. The van der Waals surface area contributed by atoms with Gasteiger partial charge in [-0.3, -0.25) is 9.69 Å². The number of rotatable bonds is 6. The first kappa shape index (κ1) is 17.6. The van der Waals surface area contributed by atoms with Crippen LogP contribution in [0.5, 0.6) is 11.5 Å². The number of aryl methyl sites for hydroxylation is 1. The molecule has 138 valence electrons. The smallest absolute Gasteiger partial charge is 0.325 e. The minimum atomic E-state index is -0.333. The van der Waals surface area contributed by atoms with Gasteiger partial charge in [-0.2, -0.15) is 0 Å². The summed E-state index contributed by atoms with van der Waals surface area (Å²) >= 11 is 0. The zero-order valence-electron chi connectivity index (χ0n) is 14.8. The number of nitrogens with zero attached hydrogens (tertiary/aromatic N) is 3. The van der Waals surface area contributed by atoms with Crippen LogP contribution in [0.1, 0.15) is 5.76 Å². The number of carbonyl (C=O) groups is 2. The van der Waals surface area contributed by atoms with Gasteiger partial charge in [0.2, 0.25) is 5.91 Å². The molecule has 3 amide bonds. The molecule has 0 bridgehead atoms. The second-order valence-electron chi connectivity index (χ2n) is 5.77. The summed E-state index contributed by atoms with van der Waals surface area (Å²) in [5, 5.41) is 6.31. The zero-order valence-corrected chi connectivity index (χ0v) is 14.8. The van der Waals surface area contributed by atoms with Crippen molar-refractivity contribution >= 4 is 23.4 Å². The molecule has 26 heavy (non-hydrogen) atoms. The van der Waals surface area contributed by atoms with E-state index in [1.165, 1.54) is 12.0 Å². The Bertz CT molecular complexity index is 819. The van der Waals surface area contributed by atoms with Crippen LogP contribution in [-0.2, 0) is 4.79 Å². The van der Waals surface area contributed by atoms with Gasteiger partial charge in [0.25, 0.3) is 0 Å². The van der Waals surface area contributed by atoms with Gasteiger partial charge in [-0.25, -0.2) is 4.79 Å². The normalized spacial score (nSPS) is 13.9. The molecule has 1 aromatic carbocycles. The molecule has 2 aromatic rings. The number of urea groups is 1. The van der Waals surface area contributed by atoms with E-state index < -0.39 is 0 Å². The van der Waals surface area contributed by atoms with Crippen molar-refractivity contribution in [2.45, 2.75) is 6.92 Å². The Morgan fingerprint density at radius 2 is 2.00 bits per heavy atom. The van der Waals surface area contributed by atoms with E-state index in [1.807, 2.05) is 0 Å². The first-order valence-corrected chi connectivity index (χ1v) is 8.03. The van der Waals surface area contributed by atoms with E-state index in [1.54, 1.807) is 43.2 Å². The number of carbonyl (C=O) groups excluding carboxylic acids is 2. The second-order valence-corrected chi connectivity index (χ2v) is 5.77. The first-order valence-electron chi connectivity index (χ1n) is 8.03. The zero-order chi connectivity index (χ0) is 18.7. The van der Waals surface area contributed by atoms with Crippen molar-refractivity contribution in [2.75, 3.05) is 44.1 Å². The van der Waals surface area contributed by atoms with Gasteiger partial charge in [0.05, 0.1) is 14.2 Å². The summed E-state index contributed by atoms with van der Waals surface area (Å²) in [4.78, 5) is 27.8. The lowest BCUT2D eigenvalue weighted by atomic mass is 10.2. The van der Waals surface area contributed by atoms with E-state index in [9.17, 15) is 9.59 Å². The Morgan fingerprint density at radius 3 is 2.65 bits per heavy atom. The Kier molecular flexibility index (Phi) is 4.97. The monoisotopic (exact) mass is 360 g/mol. The Hall–Kier alpha value is -3.23. The maximum absolute atomic E-state index is 12.6. The fourth-order valence-corrected chi connectivity index (χ4v) is 2.74. The number of methoxy groups -OCH3 is 2. The maximum atomic E-state index is 12.6. The predicted octanol–water partition coefficient (Wildman–Crippen LogP) is 1.88. The molecule has 2 heterocycles. The molecule has 1 fully saturated rings. The lowest BCUT2D eigenvalue weighted by Crippen LogP contribution is -2.37. The third-order valence-corrected chi connectivity index (χ3v) is 4.00. The maximum Gasteiger partial charge on any atom is 0.325 e. The van der Waals surface area contributed by atoms with Gasteiger partial charge >= 0.3 is 6.03 Å². The summed E-state index contributed by atoms with van der Waals surface area (Å²) in [7, 11) is 3.09. The molecule has 1 aliphatic rings.